The van der Waals surface area contributed by atoms with Crippen molar-refractivity contribution in [2.45, 2.75) is 110 Å². The van der Waals surface area contributed by atoms with E-state index in [0.717, 1.165) is 19.3 Å². The van der Waals surface area contributed by atoms with Gasteiger partial charge in [-0.05, 0) is 26.9 Å². The number of nitrogens with two attached hydrogens (primary N) is 1. The third kappa shape index (κ3) is 20.9. The minimum Gasteiger partial charge on any atom is -0.480 e. The van der Waals surface area contributed by atoms with Gasteiger partial charge in [0.25, 0.3) is 0 Å². The maximum absolute atomic E-state index is 10.5. The van der Waals surface area contributed by atoms with Crippen LogP contribution in [-0.2, 0) is 9.59 Å². The van der Waals surface area contributed by atoms with Gasteiger partial charge in [0, 0.05) is 6.42 Å². The molecule has 5 nitrogen and oxygen atoms in total. The fourth-order valence-electron chi connectivity index (χ4n) is 2.84. The van der Waals surface area contributed by atoms with Gasteiger partial charge < -0.3 is 10.8 Å². The summed E-state index contributed by atoms with van der Waals surface area (Å²) in [5.41, 5.74) is 5.07. The fourth-order valence-corrected chi connectivity index (χ4v) is 2.84. The van der Waals surface area contributed by atoms with Crippen LogP contribution in [-0.4, -0.2) is 42.0 Å². The van der Waals surface area contributed by atoms with Crippen molar-refractivity contribution in [3.8, 4) is 0 Å². The monoisotopic (exact) mass is 372 g/mol. The molecule has 0 aliphatic carbocycles. The van der Waals surface area contributed by atoms with E-state index in [4.69, 9.17) is 10.8 Å². The minimum atomic E-state index is -0.730. The van der Waals surface area contributed by atoms with E-state index in [1.54, 1.807) is 19.0 Å². The Morgan fingerprint density at radius 2 is 1.23 bits per heavy atom. The molecular formula is C21H44N2O3. The number of primary amides is 1. The van der Waals surface area contributed by atoms with E-state index in [1.807, 2.05) is 6.92 Å². The highest BCUT2D eigenvalue weighted by Crippen LogP contribution is 2.11. The lowest BCUT2D eigenvalue weighted by Crippen LogP contribution is -2.35. The summed E-state index contributed by atoms with van der Waals surface area (Å²) >= 11 is 0. The zero-order valence-corrected chi connectivity index (χ0v) is 17.8. The molecule has 0 rings (SSSR count). The van der Waals surface area contributed by atoms with E-state index in [1.165, 1.54) is 64.2 Å². The number of hydrogen-bond acceptors (Lipinski definition) is 3. The van der Waals surface area contributed by atoms with Crippen molar-refractivity contribution >= 4 is 11.9 Å². The highest BCUT2D eigenvalue weighted by Gasteiger charge is 2.17. The molecule has 0 saturated heterocycles. The Balaban J connectivity index is 0. The number of carbonyl (C=O) groups is 2. The second-order valence-corrected chi connectivity index (χ2v) is 7.36. The zero-order chi connectivity index (χ0) is 20.2. The van der Waals surface area contributed by atoms with Crippen molar-refractivity contribution < 1.29 is 14.7 Å². The van der Waals surface area contributed by atoms with Gasteiger partial charge in [-0.3, -0.25) is 14.5 Å². The van der Waals surface area contributed by atoms with Gasteiger partial charge in [-0.1, -0.05) is 84.5 Å². The molecule has 0 spiro atoms. The number of carboxylic acids is 1. The number of likely N-dealkylation sites (N-methyl/N-ethyl adjacent to an activating group) is 1. The molecule has 26 heavy (non-hydrogen) atoms. The Bertz CT molecular complexity index is 333. The summed E-state index contributed by atoms with van der Waals surface area (Å²) in [4.78, 5) is 22.7. The van der Waals surface area contributed by atoms with E-state index < -0.39 is 5.97 Å². The predicted octanol–water partition coefficient (Wildman–Crippen LogP) is 4.97. The van der Waals surface area contributed by atoms with Gasteiger partial charge in [-0.25, -0.2) is 0 Å². The molecule has 0 aromatic carbocycles. The highest BCUT2D eigenvalue weighted by molar-refractivity contribution is 5.73. The molecule has 3 N–H and O–H groups in total. The van der Waals surface area contributed by atoms with Crippen molar-refractivity contribution in [3.63, 3.8) is 0 Å². The SMILES string of the molecule is CCCC(C(=O)O)N(C)C.CCCCCCCCCCCCCC(N)=O. The van der Waals surface area contributed by atoms with Gasteiger partial charge in [-0.15, -0.1) is 0 Å². The Hall–Kier alpha value is -1.10. The first-order valence-electron chi connectivity index (χ1n) is 10.5. The summed E-state index contributed by atoms with van der Waals surface area (Å²) < 4.78 is 0. The molecule has 0 aromatic heterocycles. The molecule has 0 aliphatic heterocycles. The number of carboxylic acid groups (broad SMARTS) is 1. The fraction of sp³-hybridized carbons (Fsp3) is 0.905. The van der Waals surface area contributed by atoms with Crippen LogP contribution in [0.3, 0.4) is 0 Å². The number of nitrogens with zero attached hydrogens (tertiary/aromatic N) is 1. The van der Waals surface area contributed by atoms with Crippen molar-refractivity contribution in [3.05, 3.63) is 0 Å². The molecule has 0 aliphatic rings. The number of unbranched alkanes of at least 4 members (excludes halogenated alkanes) is 10. The molecule has 0 radical (unpaired) electrons. The molecule has 0 fully saturated rings. The lowest BCUT2D eigenvalue weighted by atomic mass is 10.1. The normalized spacial score (nSPS) is 11.7. The van der Waals surface area contributed by atoms with Crippen LogP contribution >= 0.6 is 0 Å². The third-order valence-electron chi connectivity index (χ3n) is 4.50. The third-order valence-corrected chi connectivity index (χ3v) is 4.50. The zero-order valence-electron chi connectivity index (χ0n) is 17.8. The van der Waals surface area contributed by atoms with Gasteiger partial charge >= 0.3 is 5.97 Å². The number of rotatable bonds is 16. The first kappa shape index (κ1) is 27.1. The molecule has 156 valence electrons. The Labute approximate surface area is 161 Å². The first-order valence-corrected chi connectivity index (χ1v) is 10.5. The smallest absolute Gasteiger partial charge is 0.320 e. The summed E-state index contributed by atoms with van der Waals surface area (Å²) in [6.45, 7) is 4.24. The number of aliphatic carboxylic acids is 1. The van der Waals surface area contributed by atoms with Crippen molar-refractivity contribution in [2.75, 3.05) is 14.1 Å². The summed E-state index contributed by atoms with van der Waals surface area (Å²) in [5.74, 6) is -0.886. The van der Waals surface area contributed by atoms with E-state index >= 15 is 0 Å². The maximum Gasteiger partial charge on any atom is 0.320 e. The number of carbonyl (C=O) groups excluding carboxylic acids is 1. The van der Waals surface area contributed by atoms with Gasteiger partial charge in [-0.2, -0.15) is 0 Å². The second-order valence-electron chi connectivity index (χ2n) is 7.36. The summed E-state index contributed by atoms with van der Waals surface area (Å²) in [6, 6.07) is -0.315. The number of hydrogen-bond donors (Lipinski definition) is 2. The van der Waals surface area contributed by atoms with Crippen LogP contribution < -0.4 is 5.73 Å². The van der Waals surface area contributed by atoms with Crippen molar-refractivity contribution in [1.29, 1.82) is 0 Å². The largest absolute Gasteiger partial charge is 0.480 e. The minimum absolute atomic E-state index is 0.157. The second kappa shape index (κ2) is 20.2. The Morgan fingerprint density at radius 3 is 1.50 bits per heavy atom. The summed E-state index contributed by atoms with van der Waals surface area (Å²) in [5, 5.41) is 8.63. The maximum atomic E-state index is 10.5. The Morgan fingerprint density at radius 1 is 0.808 bits per heavy atom. The van der Waals surface area contributed by atoms with E-state index in [0.29, 0.717) is 6.42 Å². The Kier molecular flexibility index (Phi) is 21.1. The van der Waals surface area contributed by atoms with Crippen LogP contribution in [0.1, 0.15) is 104 Å². The van der Waals surface area contributed by atoms with Crippen LogP contribution in [0.4, 0.5) is 0 Å². The molecule has 0 heterocycles. The molecule has 1 atom stereocenters. The first-order chi connectivity index (χ1) is 12.4. The molecule has 0 bridgehead atoms. The predicted molar refractivity (Wildman–Crippen MR) is 110 cm³/mol. The van der Waals surface area contributed by atoms with Crippen LogP contribution in [0.25, 0.3) is 0 Å². The molecule has 5 heteroatoms. The molecule has 1 amide bonds. The van der Waals surface area contributed by atoms with Crippen LogP contribution in [0.5, 0.6) is 0 Å². The molecular weight excluding hydrogens is 328 g/mol. The van der Waals surface area contributed by atoms with Crippen LogP contribution in [0.15, 0.2) is 0 Å². The van der Waals surface area contributed by atoms with Gasteiger partial charge in [0.05, 0.1) is 0 Å². The van der Waals surface area contributed by atoms with Gasteiger partial charge in [0.2, 0.25) is 5.91 Å². The summed E-state index contributed by atoms with van der Waals surface area (Å²) in [7, 11) is 3.57. The van der Waals surface area contributed by atoms with Crippen LogP contribution in [0, 0.1) is 0 Å². The topological polar surface area (TPSA) is 83.6 Å². The average molecular weight is 373 g/mol. The lowest BCUT2D eigenvalue weighted by Gasteiger charge is -2.18. The van der Waals surface area contributed by atoms with Gasteiger partial charge in [0.1, 0.15) is 6.04 Å². The van der Waals surface area contributed by atoms with Crippen molar-refractivity contribution in [1.82, 2.24) is 4.90 Å². The molecule has 0 saturated carbocycles. The quantitative estimate of drug-likeness (QED) is 0.374. The molecule has 1 unspecified atom stereocenters. The number of amides is 1. The summed E-state index contributed by atoms with van der Waals surface area (Å²) in [6.07, 6.45) is 16.6. The average Bonchev–Trinajstić information content (AvgIpc) is 2.57. The molecule has 0 aromatic rings. The van der Waals surface area contributed by atoms with E-state index in [9.17, 15) is 9.59 Å². The van der Waals surface area contributed by atoms with E-state index in [-0.39, 0.29) is 11.9 Å². The lowest BCUT2D eigenvalue weighted by molar-refractivity contribution is -0.142. The van der Waals surface area contributed by atoms with Crippen LogP contribution in [0.2, 0.25) is 0 Å². The van der Waals surface area contributed by atoms with E-state index in [2.05, 4.69) is 6.92 Å². The van der Waals surface area contributed by atoms with Crippen molar-refractivity contribution in [2.24, 2.45) is 5.73 Å². The standard InChI is InChI=1S/C14H29NO.C7H15NO2/c1-2-3-4-5-6-7-8-9-10-11-12-13-14(15)16;1-4-5-6(7(9)10)8(2)3/h2-13H2,1H3,(H2,15,16);6H,4-5H2,1-3H3,(H,9,10). The highest BCUT2D eigenvalue weighted by atomic mass is 16.4. The van der Waals surface area contributed by atoms with Gasteiger partial charge in [0.15, 0.2) is 0 Å².